The summed E-state index contributed by atoms with van der Waals surface area (Å²) in [6.45, 7) is 8.10. The maximum absolute atomic E-state index is 12.6. The first-order valence-electron chi connectivity index (χ1n) is 10.4. The van der Waals surface area contributed by atoms with E-state index in [9.17, 15) is 9.59 Å². The number of anilines is 1. The van der Waals surface area contributed by atoms with E-state index in [1.807, 2.05) is 31.4 Å². The zero-order chi connectivity index (χ0) is 21.6. The Morgan fingerprint density at radius 1 is 1.17 bits per heavy atom. The van der Waals surface area contributed by atoms with E-state index in [1.165, 1.54) is 0 Å². The van der Waals surface area contributed by atoms with Gasteiger partial charge in [0.1, 0.15) is 11.4 Å². The van der Waals surface area contributed by atoms with E-state index in [-0.39, 0.29) is 17.9 Å². The van der Waals surface area contributed by atoms with Gasteiger partial charge in [0.05, 0.1) is 17.8 Å². The highest BCUT2D eigenvalue weighted by Gasteiger charge is 2.37. The fraction of sp³-hybridized carbons (Fsp3) is 0.619. The summed E-state index contributed by atoms with van der Waals surface area (Å²) in [6, 6.07) is 1.89. The van der Waals surface area contributed by atoms with Gasteiger partial charge < -0.3 is 19.4 Å². The van der Waals surface area contributed by atoms with Crippen molar-refractivity contribution in [1.29, 1.82) is 0 Å². The molecule has 2 aliphatic rings. The predicted octanol–water partition coefficient (Wildman–Crippen LogP) is 1.59. The van der Waals surface area contributed by atoms with Crippen LogP contribution in [0.25, 0.3) is 5.65 Å². The number of fused-ring (bicyclic) bond motifs is 2. The van der Waals surface area contributed by atoms with Gasteiger partial charge in [-0.1, -0.05) is 0 Å². The first-order chi connectivity index (χ1) is 14.1. The monoisotopic (exact) mass is 414 g/mol. The Kier molecular flexibility index (Phi) is 5.07. The largest absolute Gasteiger partial charge is 0.444 e. The number of rotatable bonds is 2. The molecular weight excluding hydrogens is 384 g/mol. The maximum atomic E-state index is 12.6. The fourth-order valence-electron chi connectivity index (χ4n) is 4.08. The van der Waals surface area contributed by atoms with Gasteiger partial charge in [0.25, 0.3) is 0 Å². The van der Waals surface area contributed by atoms with Crippen molar-refractivity contribution in [2.24, 2.45) is 5.92 Å². The molecule has 2 aromatic rings. The Balaban J connectivity index is 1.60. The summed E-state index contributed by atoms with van der Waals surface area (Å²) in [5.74, 6) is 1.14. The summed E-state index contributed by atoms with van der Waals surface area (Å²) in [6.07, 6.45) is 2.80. The molecule has 2 amide bonds. The van der Waals surface area contributed by atoms with E-state index in [1.54, 1.807) is 30.1 Å². The van der Waals surface area contributed by atoms with Crippen LogP contribution >= 0.6 is 0 Å². The number of carbonyl (C=O) groups excluding carboxylic acids is 2. The third kappa shape index (κ3) is 3.80. The number of aromatic nitrogens is 3. The Labute approximate surface area is 176 Å². The number of carbonyl (C=O) groups is 2. The van der Waals surface area contributed by atoms with Crippen LogP contribution in [0.3, 0.4) is 0 Å². The molecule has 0 spiro atoms. The zero-order valence-electron chi connectivity index (χ0n) is 18.4. The van der Waals surface area contributed by atoms with Crippen LogP contribution in [0.4, 0.5) is 10.6 Å². The lowest BCUT2D eigenvalue weighted by molar-refractivity contribution is -0.133. The Morgan fingerprint density at radius 2 is 1.87 bits per heavy atom. The summed E-state index contributed by atoms with van der Waals surface area (Å²) in [5.41, 5.74) is 2.36. The van der Waals surface area contributed by atoms with Crippen LogP contribution in [0, 0.1) is 5.92 Å². The van der Waals surface area contributed by atoms with Gasteiger partial charge >= 0.3 is 6.09 Å². The molecule has 1 saturated heterocycles. The van der Waals surface area contributed by atoms with E-state index in [0.29, 0.717) is 39.0 Å². The van der Waals surface area contributed by atoms with Gasteiger partial charge in [0.2, 0.25) is 5.91 Å². The highest BCUT2D eigenvalue weighted by atomic mass is 16.6. The molecule has 1 fully saturated rings. The Bertz CT molecular complexity index is 971. The minimum absolute atomic E-state index is 0.00142. The van der Waals surface area contributed by atoms with E-state index in [4.69, 9.17) is 9.72 Å². The molecule has 4 heterocycles. The van der Waals surface area contributed by atoms with Crippen LogP contribution < -0.4 is 4.90 Å². The Hall–Kier alpha value is -2.84. The zero-order valence-corrected chi connectivity index (χ0v) is 18.4. The fourth-order valence-corrected chi connectivity index (χ4v) is 4.08. The average Bonchev–Trinajstić information content (AvgIpc) is 2.96. The average molecular weight is 415 g/mol. The smallest absolute Gasteiger partial charge is 0.410 e. The van der Waals surface area contributed by atoms with Crippen LogP contribution in [0.1, 0.15) is 32.0 Å². The van der Waals surface area contributed by atoms with E-state index in [2.05, 4.69) is 10.00 Å². The molecule has 4 rings (SSSR count). The number of nitrogens with zero attached hydrogens (tertiary/aromatic N) is 6. The normalized spacial score (nSPS) is 17.4. The molecule has 0 saturated carbocycles. The van der Waals surface area contributed by atoms with Crippen molar-refractivity contribution in [3.05, 3.63) is 23.5 Å². The van der Waals surface area contributed by atoms with Crippen molar-refractivity contribution in [2.45, 2.75) is 39.2 Å². The lowest BCUT2D eigenvalue weighted by Crippen LogP contribution is -2.54. The molecule has 0 radical (unpaired) electrons. The molecule has 162 valence electrons. The molecule has 0 unspecified atom stereocenters. The predicted molar refractivity (Wildman–Crippen MR) is 113 cm³/mol. The van der Waals surface area contributed by atoms with Gasteiger partial charge in [-0.05, 0) is 27.2 Å². The molecule has 9 nitrogen and oxygen atoms in total. The van der Waals surface area contributed by atoms with Crippen LogP contribution in [0.2, 0.25) is 0 Å². The van der Waals surface area contributed by atoms with Gasteiger partial charge in [-0.2, -0.15) is 9.61 Å². The van der Waals surface area contributed by atoms with Gasteiger partial charge in [-0.25, -0.2) is 9.78 Å². The molecule has 0 atom stereocenters. The number of amides is 2. The second-order valence-corrected chi connectivity index (χ2v) is 9.26. The minimum atomic E-state index is -0.522. The second-order valence-electron chi connectivity index (χ2n) is 9.26. The van der Waals surface area contributed by atoms with E-state index >= 15 is 0 Å². The highest BCUT2D eigenvalue weighted by molar-refractivity contribution is 5.81. The molecule has 9 heteroatoms. The lowest BCUT2D eigenvalue weighted by Gasteiger charge is -2.41. The molecule has 0 N–H and O–H groups in total. The van der Waals surface area contributed by atoms with Crippen LogP contribution in [-0.2, 0) is 22.4 Å². The van der Waals surface area contributed by atoms with Crippen molar-refractivity contribution in [3.63, 3.8) is 0 Å². The summed E-state index contributed by atoms with van der Waals surface area (Å²) < 4.78 is 7.42. The topological polar surface area (TPSA) is 83.3 Å². The van der Waals surface area contributed by atoms with Crippen LogP contribution in [0.5, 0.6) is 0 Å². The van der Waals surface area contributed by atoms with E-state index < -0.39 is 5.60 Å². The van der Waals surface area contributed by atoms with Crippen molar-refractivity contribution < 1.29 is 14.3 Å². The van der Waals surface area contributed by atoms with Gasteiger partial charge in [-0.3, -0.25) is 4.79 Å². The summed E-state index contributed by atoms with van der Waals surface area (Å²) in [7, 11) is 3.58. The third-order valence-electron chi connectivity index (χ3n) is 5.56. The van der Waals surface area contributed by atoms with Crippen molar-refractivity contribution in [3.8, 4) is 0 Å². The van der Waals surface area contributed by atoms with Gasteiger partial charge in [-0.15, -0.1) is 0 Å². The van der Waals surface area contributed by atoms with Crippen molar-refractivity contribution in [1.82, 2.24) is 24.4 Å². The quantitative estimate of drug-likeness (QED) is 0.742. The minimum Gasteiger partial charge on any atom is -0.444 e. The summed E-state index contributed by atoms with van der Waals surface area (Å²) >= 11 is 0. The molecule has 2 aromatic heterocycles. The summed E-state index contributed by atoms with van der Waals surface area (Å²) in [4.78, 5) is 35.3. The second kappa shape index (κ2) is 7.45. The number of ether oxygens (including phenoxy) is 1. The van der Waals surface area contributed by atoms with Gasteiger partial charge in [0, 0.05) is 58.3 Å². The SMILES string of the molecule is CN(C)C(=O)C1CN(c2c3c(nc4ccnn24)CCN(C(=O)OC(C)(C)C)CC3)C1. The Morgan fingerprint density at radius 3 is 2.53 bits per heavy atom. The van der Waals surface area contributed by atoms with Gasteiger partial charge in [0.15, 0.2) is 5.65 Å². The van der Waals surface area contributed by atoms with Crippen LogP contribution in [-0.4, -0.2) is 82.3 Å². The highest BCUT2D eigenvalue weighted by Crippen LogP contribution is 2.32. The summed E-state index contributed by atoms with van der Waals surface area (Å²) in [5, 5.41) is 4.48. The molecule has 30 heavy (non-hydrogen) atoms. The van der Waals surface area contributed by atoms with E-state index in [0.717, 1.165) is 22.7 Å². The standard InChI is InChI=1S/C21H30N6O3/c1-21(2,3)30-20(29)25-10-7-15-16(8-11-25)23-17-6-9-22-27(17)18(15)26-12-14(13-26)19(28)24(4)5/h6,9,14H,7-8,10-13H2,1-5H3. The first-order valence-corrected chi connectivity index (χ1v) is 10.4. The first kappa shape index (κ1) is 20.4. The van der Waals surface area contributed by atoms with Crippen LogP contribution in [0.15, 0.2) is 12.3 Å². The third-order valence-corrected chi connectivity index (χ3v) is 5.56. The lowest BCUT2D eigenvalue weighted by atomic mass is 9.97. The molecule has 2 aliphatic heterocycles. The number of hydrogen-bond donors (Lipinski definition) is 0. The molecule has 0 bridgehead atoms. The maximum Gasteiger partial charge on any atom is 0.410 e. The molecule has 0 aromatic carbocycles. The number of hydrogen-bond acceptors (Lipinski definition) is 6. The molecular formula is C21H30N6O3. The van der Waals surface area contributed by atoms with Crippen molar-refractivity contribution >= 4 is 23.5 Å². The van der Waals surface area contributed by atoms with Crippen molar-refractivity contribution in [2.75, 3.05) is 45.2 Å². The molecule has 0 aliphatic carbocycles.